The number of hydrogen-bond acceptors (Lipinski definition) is 0. The van der Waals surface area contributed by atoms with Crippen LogP contribution in [0.15, 0.2) is 109 Å². The van der Waals surface area contributed by atoms with E-state index in [-0.39, 0.29) is 10.8 Å². The first-order valence-electron chi connectivity index (χ1n) is 16.3. The predicted molar refractivity (Wildman–Crippen MR) is 193 cm³/mol. The summed E-state index contributed by atoms with van der Waals surface area (Å²) in [5.74, 6) is -5.76. The molecule has 0 aromatic heterocycles. The minimum Gasteiger partial charge on any atom is -0.203 e. The van der Waals surface area contributed by atoms with Gasteiger partial charge in [0.15, 0.2) is 23.3 Å². The monoisotopic (exact) mass is 636 g/mol. The standard InChI is InChI=1S/C44H32F4/c1-23(2)25-13-17-27(18-14-25)33-21-35-37(31-11-7-5-9-29(31)33)38-32-12-8-6-10-30(32)34(28-19-15-26(16-20-28)24(3)4)22-36(38)40-39(35)41(45)43(47)44(48)42(40)46/h5-24H,1-4H3. The number of rotatable bonds is 4. The second kappa shape index (κ2) is 11.2. The van der Waals surface area contributed by atoms with Gasteiger partial charge in [-0.15, -0.1) is 0 Å². The van der Waals surface area contributed by atoms with Gasteiger partial charge in [-0.2, -0.15) is 0 Å². The van der Waals surface area contributed by atoms with Gasteiger partial charge in [0.05, 0.1) is 0 Å². The summed E-state index contributed by atoms with van der Waals surface area (Å²) in [7, 11) is 0. The molecule has 8 aromatic carbocycles. The molecule has 0 nitrogen and oxygen atoms in total. The molecule has 236 valence electrons. The largest absolute Gasteiger partial charge is 0.203 e. The molecule has 0 amide bonds. The third-order valence-electron chi connectivity index (χ3n) is 9.92. The average Bonchev–Trinajstić information content (AvgIpc) is 3.11. The third-order valence-corrected chi connectivity index (χ3v) is 9.92. The molecular formula is C44H32F4. The Labute approximate surface area is 276 Å². The fourth-order valence-electron chi connectivity index (χ4n) is 7.39. The first kappa shape index (κ1) is 30.1. The molecule has 0 aliphatic carbocycles. The summed E-state index contributed by atoms with van der Waals surface area (Å²) in [6.07, 6.45) is 0. The summed E-state index contributed by atoms with van der Waals surface area (Å²) in [4.78, 5) is 0. The second-order valence-electron chi connectivity index (χ2n) is 13.3. The molecule has 4 heteroatoms. The maximum Gasteiger partial charge on any atom is 0.198 e. The minimum atomic E-state index is -1.82. The van der Waals surface area contributed by atoms with Crippen LogP contribution in [-0.2, 0) is 0 Å². The van der Waals surface area contributed by atoms with Crippen molar-refractivity contribution in [3.63, 3.8) is 0 Å². The zero-order chi connectivity index (χ0) is 33.4. The number of benzene rings is 8. The van der Waals surface area contributed by atoms with Crippen LogP contribution in [0.1, 0.15) is 50.7 Å². The Bertz CT molecular complexity index is 2400. The maximum atomic E-state index is 16.2. The SMILES string of the molecule is CC(C)c1ccc(-c2cc3c4c(F)c(F)c(F)c(F)c4c4cc(-c5ccc(C(C)C)cc5)c5ccccc5c4c3c3ccccc23)cc1. The topological polar surface area (TPSA) is 0 Å². The van der Waals surface area contributed by atoms with E-state index in [0.717, 1.165) is 43.8 Å². The molecule has 0 bridgehead atoms. The molecule has 8 rings (SSSR count). The Morgan fingerprint density at radius 2 is 0.688 bits per heavy atom. The van der Waals surface area contributed by atoms with Crippen LogP contribution < -0.4 is 0 Å². The molecule has 0 aliphatic rings. The van der Waals surface area contributed by atoms with Crippen LogP contribution in [-0.4, -0.2) is 0 Å². The van der Waals surface area contributed by atoms with Gasteiger partial charge in [0.1, 0.15) is 0 Å². The lowest BCUT2D eigenvalue weighted by Crippen LogP contribution is -2.01. The molecule has 0 saturated heterocycles. The van der Waals surface area contributed by atoms with Crippen LogP contribution in [0.5, 0.6) is 0 Å². The molecular weight excluding hydrogens is 604 g/mol. The van der Waals surface area contributed by atoms with Crippen molar-refractivity contribution < 1.29 is 17.6 Å². The molecule has 8 aromatic rings. The Hall–Kier alpha value is -5.22. The van der Waals surface area contributed by atoms with E-state index in [4.69, 9.17) is 0 Å². The van der Waals surface area contributed by atoms with Gasteiger partial charge in [-0.05, 0) is 100 Å². The van der Waals surface area contributed by atoms with Gasteiger partial charge in [-0.25, -0.2) is 17.6 Å². The summed E-state index contributed by atoms with van der Waals surface area (Å²) < 4.78 is 62.9. The van der Waals surface area contributed by atoms with E-state index in [9.17, 15) is 0 Å². The van der Waals surface area contributed by atoms with E-state index >= 15 is 17.6 Å². The molecule has 0 radical (unpaired) electrons. The smallest absolute Gasteiger partial charge is 0.198 e. The Morgan fingerprint density at radius 1 is 0.354 bits per heavy atom. The Morgan fingerprint density at radius 3 is 1.02 bits per heavy atom. The fourth-order valence-corrected chi connectivity index (χ4v) is 7.39. The molecule has 0 N–H and O–H groups in total. The number of fused-ring (bicyclic) bond motifs is 10. The van der Waals surface area contributed by atoms with Gasteiger partial charge in [-0.1, -0.05) is 125 Å². The Kier molecular flexibility index (Phi) is 7.03. The van der Waals surface area contributed by atoms with Gasteiger partial charge >= 0.3 is 0 Å². The van der Waals surface area contributed by atoms with Crippen molar-refractivity contribution in [3.05, 3.63) is 144 Å². The first-order valence-corrected chi connectivity index (χ1v) is 16.3. The molecule has 0 unspecified atom stereocenters. The average molecular weight is 637 g/mol. The first-order chi connectivity index (χ1) is 23.2. The molecule has 0 aliphatic heterocycles. The lowest BCUT2D eigenvalue weighted by Gasteiger charge is -2.20. The lowest BCUT2D eigenvalue weighted by atomic mass is 9.83. The normalized spacial score (nSPS) is 12.1. The summed E-state index contributed by atoms with van der Waals surface area (Å²) in [5.41, 5.74) is 5.71. The highest BCUT2D eigenvalue weighted by atomic mass is 19.2. The van der Waals surface area contributed by atoms with Crippen molar-refractivity contribution in [2.24, 2.45) is 0 Å². The van der Waals surface area contributed by atoms with Crippen molar-refractivity contribution in [2.45, 2.75) is 39.5 Å². The quantitative estimate of drug-likeness (QED) is 0.0780. The highest BCUT2D eigenvalue weighted by Crippen LogP contribution is 2.48. The zero-order valence-electron chi connectivity index (χ0n) is 27.1. The maximum absolute atomic E-state index is 16.2. The van der Waals surface area contributed by atoms with Gasteiger partial charge in [-0.3, -0.25) is 0 Å². The van der Waals surface area contributed by atoms with Crippen LogP contribution in [0, 0.1) is 23.3 Å². The van der Waals surface area contributed by atoms with Gasteiger partial charge in [0, 0.05) is 10.8 Å². The minimum absolute atomic E-state index is 0.268. The molecule has 48 heavy (non-hydrogen) atoms. The van der Waals surface area contributed by atoms with Gasteiger partial charge < -0.3 is 0 Å². The Balaban J connectivity index is 1.62. The van der Waals surface area contributed by atoms with Crippen molar-refractivity contribution in [2.75, 3.05) is 0 Å². The highest BCUT2D eigenvalue weighted by molar-refractivity contribution is 6.38. The summed E-state index contributed by atoms with van der Waals surface area (Å²) in [6, 6.07) is 35.7. The molecule has 0 saturated carbocycles. The predicted octanol–water partition coefficient (Wildman–Crippen LogP) is 13.6. The lowest BCUT2D eigenvalue weighted by molar-refractivity contribution is 0.418. The van der Waals surface area contributed by atoms with Gasteiger partial charge in [0.25, 0.3) is 0 Å². The molecule has 0 heterocycles. The van der Waals surface area contributed by atoms with E-state index in [1.165, 1.54) is 11.1 Å². The van der Waals surface area contributed by atoms with Crippen LogP contribution in [0.25, 0.3) is 76.1 Å². The van der Waals surface area contributed by atoms with E-state index in [1.807, 2.05) is 84.9 Å². The fraction of sp³-hybridized carbons (Fsp3) is 0.136. The van der Waals surface area contributed by atoms with Crippen LogP contribution in [0.4, 0.5) is 17.6 Å². The molecule has 0 spiro atoms. The van der Waals surface area contributed by atoms with Crippen LogP contribution >= 0.6 is 0 Å². The van der Waals surface area contributed by atoms with Crippen molar-refractivity contribution in [1.82, 2.24) is 0 Å². The van der Waals surface area contributed by atoms with Crippen LogP contribution in [0.3, 0.4) is 0 Å². The summed E-state index contributed by atoms with van der Waals surface area (Å²) in [6.45, 7) is 8.50. The second-order valence-corrected chi connectivity index (χ2v) is 13.3. The van der Waals surface area contributed by atoms with Crippen LogP contribution in [0.2, 0.25) is 0 Å². The number of hydrogen-bond donors (Lipinski definition) is 0. The molecule has 0 fully saturated rings. The van der Waals surface area contributed by atoms with Crippen molar-refractivity contribution >= 4 is 53.9 Å². The summed E-state index contributed by atoms with van der Waals surface area (Å²) >= 11 is 0. The third kappa shape index (κ3) is 4.42. The number of halogens is 4. The van der Waals surface area contributed by atoms with E-state index < -0.39 is 23.3 Å². The van der Waals surface area contributed by atoms with E-state index in [0.29, 0.717) is 33.4 Å². The zero-order valence-corrected chi connectivity index (χ0v) is 27.1. The molecule has 0 atom stereocenters. The summed E-state index contributed by atoms with van der Waals surface area (Å²) in [5, 5.41) is 4.92. The van der Waals surface area contributed by atoms with E-state index in [2.05, 4.69) is 52.0 Å². The van der Waals surface area contributed by atoms with Crippen molar-refractivity contribution in [1.29, 1.82) is 0 Å². The van der Waals surface area contributed by atoms with Crippen molar-refractivity contribution in [3.8, 4) is 22.3 Å². The van der Waals surface area contributed by atoms with E-state index in [1.54, 1.807) is 0 Å². The van der Waals surface area contributed by atoms with Gasteiger partial charge in [0.2, 0.25) is 0 Å². The highest BCUT2D eigenvalue weighted by Gasteiger charge is 2.27.